The maximum Gasteiger partial charge on any atom is 0.302 e. The Kier molecular flexibility index (Phi) is 5.00. The highest BCUT2D eigenvalue weighted by atomic mass is 32.3. The van der Waals surface area contributed by atoms with Crippen LogP contribution in [0.4, 0.5) is 3.89 Å². The van der Waals surface area contributed by atoms with Gasteiger partial charge in [-0.2, -0.15) is 8.42 Å². The number of ether oxygens (including phenoxy) is 1. The van der Waals surface area contributed by atoms with E-state index in [-0.39, 0.29) is 25.0 Å². The second-order valence-electron chi connectivity index (χ2n) is 5.72. The van der Waals surface area contributed by atoms with E-state index in [9.17, 15) is 17.1 Å². The lowest BCUT2D eigenvalue weighted by molar-refractivity contribution is -0.128. The number of rotatable bonds is 6. The summed E-state index contributed by atoms with van der Waals surface area (Å²) in [5.41, 5.74) is 0.836. The van der Waals surface area contributed by atoms with Gasteiger partial charge in [-0.05, 0) is 25.5 Å². The van der Waals surface area contributed by atoms with Crippen LogP contribution < -0.4 is 4.74 Å². The summed E-state index contributed by atoms with van der Waals surface area (Å²) in [5.74, 6) is -0.789. The van der Waals surface area contributed by atoms with Crippen molar-refractivity contribution >= 4 is 16.1 Å². The van der Waals surface area contributed by atoms with Crippen LogP contribution in [0.15, 0.2) is 18.3 Å². The average molecular weight is 330 g/mol. The third kappa shape index (κ3) is 4.94. The second kappa shape index (κ2) is 6.60. The van der Waals surface area contributed by atoms with Crippen molar-refractivity contribution in [2.75, 3.05) is 12.3 Å². The number of carbonyl (C=O) groups excluding carboxylic acids is 1. The molecule has 1 atom stereocenters. The fraction of sp³-hybridized carbons (Fsp3) is 0.571. The van der Waals surface area contributed by atoms with Crippen LogP contribution in [0.3, 0.4) is 0 Å². The summed E-state index contributed by atoms with van der Waals surface area (Å²) < 4.78 is 39.6. The van der Waals surface area contributed by atoms with Crippen molar-refractivity contribution in [3.05, 3.63) is 23.9 Å². The third-order valence-electron chi connectivity index (χ3n) is 3.26. The molecule has 22 heavy (non-hydrogen) atoms. The minimum Gasteiger partial charge on any atom is -0.475 e. The molecule has 0 radical (unpaired) electrons. The molecule has 1 aromatic rings. The highest BCUT2D eigenvalue weighted by molar-refractivity contribution is 7.86. The summed E-state index contributed by atoms with van der Waals surface area (Å²) in [5, 5.41) is 0. The fourth-order valence-corrected chi connectivity index (χ4v) is 3.26. The van der Waals surface area contributed by atoms with Gasteiger partial charge in [0.25, 0.3) is 0 Å². The van der Waals surface area contributed by atoms with Gasteiger partial charge in [-0.3, -0.25) is 4.79 Å². The van der Waals surface area contributed by atoms with Crippen molar-refractivity contribution in [2.45, 2.75) is 32.9 Å². The van der Waals surface area contributed by atoms with Crippen LogP contribution in [0.5, 0.6) is 5.88 Å². The second-order valence-corrected chi connectivity index (χ2v) is 7.13. The summed E-state index contributed by atoms with van der Waals surface area (Å²) in [4.78, 5) is 17.5. The molecule has 2 heterocycles. The standard InChI is InChI=1S/C14H19FN2O4S/c1-10(2)21-13-5-11(3-4-16-13)7-17-8-12(6-14(17)18)9-22(15,19)20/h3-5,10,12H,6-9H2,1-2H3. The molecule has 0 aromatic carbocycles. The molecular formula is C14H19FN2O4S. The molecule has 1 aliphatic heterocycles. The number of nitrogens with zero attached hydrogens (tertiary/aromatic N) is 2. The molecule has 0 bridgehead atoms. The highest BCUT2D eigenvalue weighted by Crippen LogP contribution is 2.23. The molecule has 6 nitrogen and oxygen atoms in total. The first kappa shape index (κ1) is 16.7. The Bertz CT molecular complexity index is 648. The number of carbonyl (C=O) groups is 1. The number of hydrogen-bond donors (Lipinski definition) is 0. The molecule has 1 aromatic heterocycles. The lowest BCUT2D eigenvalue weighted by Gasteiger charge is -2.17. The Hall–Kier alpha value is -1.70. The predicted octanol–water partition coefficient (Wildman–Crippen LogP) is 1.52. The van der Waals surface area contributed by atoms with E-state index in [1.54, 1.807) is 18.3 Å². The van der Waals surface area contributed by atoms with E-state index in [1.807, 2.05) is 13.8 Å². The van der Waals surface area contributed by atoms with Gasteiger partial charge < -0.3 is 9.64 Å². The third-order valence-corrected chi connectivity index (χ3v) is 4.13. The van der Waals surface area contributed by atoms with E-state index in [0.29, 0.717) is 12.4 Å². The van der Waals surface area contributed by atoms with Crippen LogP contribution >= 0.6 is 0 Å². The van der Waals surface area contributed by atoms with Crippen molar-refractivity contribution in [3.63, 3.8) is 0 Å². The molecule has 2 rings (SSSR count). The van der Waals surface area contributed by atoms with E-state index >= 15 is 0 Å². The molecule has 1 saturated heterocycles. The van der Waals surface area contributed by atoms with Crippen LogP contribution in [0.1, 0.15) is 25.8 Å². The molecular weight excluding hydrogens is 311 g/mol. The van der Waals surface area contributed by atoms with E-state index < -0.39 is 21.9 Å². The van der Waals surface area contributed by atoms with Crippen LogP contribution in [0.2, 0.25) is 0 Å². The SMILES string of the molecule is CC(C)Oc1cc(CN2CC(CS(=O)(=O)F)CC2=O)ccn1. The number of pyridine rings is 1. The van der Waals surface area contributed by atoms with Gasteiger partial charge >= 0.3 is 10.2 Å². The van der Waals surface area contributed by atoms with Crippen LogP contribution in [0.25, 0.3) is 0 Å². The van der Waals surface area contributed by atoms with Gasteiger partial charge in [-0.25, -0.2) is 4.98 Å². The van der Waals surface area contributed by atoms with Gasteiger partial charge in [0, 0.05) is 37.7 Å². The number of aromatic nitrogens is 1. The van der Waals surface area contributed by atoms with Gasteiger partial charge in [-0.1, -0.05) is 0 Å². The summed E-state index contributed by atoms with van der Waals surface area (Å²) >= 11 is 0. The smallest absolute Gasteiger partial charge is 0.302 e. The lowest BCUT2D eigenvalue weighted by atomic mass is 10.1. The first-order valence-electron chi connectivity index (χ1n) is 7.04. The Morgan fingerprint density at radius 3 is 2.86 bits per heavy atom. The normalized spacial score (nSPS) is 19.0. The largest absolute Gasteiger partial charge is 0.475 e. The van der Waals surface area contributed by atoms with E-state index in [1.165, 1.54) is 4.90 Å². The Morgan fingerprint density at radius 2 is 2.23 bits per heavy atom. The monoisotopic (exact) mass is 330 g/mol. The van der Waals surface area contributed by atoms with Crippen molar-refractivity contribution in [2.24, 2.45) is 5.92 Å². The van der Waals surface area contributed by atoms with Crippen molar-refractivity contribution < 1.29 is 21.8 Å². The van der Waals surface area contributed by atoms with Gasteiger partial charge in [0.15, 0.2) is 0 Å². The molecule has 0 saturated carbocycles. The minimum absolute atomic E-state index is 0.00434. The topological polar surface area (TPSA) is 76.6 Å². The molecule has 0 N–H and O–H groups in total. The van der Waals surface area contributed by atoms with E-state index in [4.69, 9.17) is 4.74 Å². The fourth-order valence-electron chi connectivity index (χ4n) is 2.48. The van der Waals surface area contributed by atoms with Crippen molar-refractivity contribution in [3.8, 4) is 5.88 Å². The van der Waals surface area contributed by atoms with Gasteiger partial charge in [-0.15, -0.1) is 3.89 Å². The zero-order chi connectivity index (χ0) is 16.3. The zero-order valence-electron chi connectivity index (χ0n) is 12.5. The summed E-state index contributed by atoms with van der Waals surface area (Å²) in [6.45, 7) is 4.35. The Balaban J connectivity index is 2.00. The maximum atomic E-state index is 12.7. The minimum atomic E-state index is -4.56. The first-order valence-corrected chi connectivity index (χ1v) is 8.60. The zero-order valence-corrected chi connectivity index (χ0v) is 13.3. The molecule has 122 valence electrons. The predicted molar refractivity (Wildman–Crippen MR) is 78.4 cm³/mol. The number of halogens is 1. The lowest BCUT2D eigenvalue weighted by Crippen LogP contribution is -2.25. The Morgan fingerprint density at radius 1 is 1.50 bits per heavy atom. The Labute approximate surface area is 129 Å². The van der Waals surface area contributed by atoms with Gasteiger partial charge in [0.05, 0.1) is 11.9 Å². The quantitative estimate of drug-likeness (QED) is 0.739. The molecule has 1 aliphatic rings. The molecule has 8 heteroatoms. The van der Waals surface area contributed by atoms with E-state index in [2.05, 4.69) is 4.98 Å². The highest BCUT2D eigenvalue weighted by Gasteiger charge is 2.32. The number of hydrogen-bond acceptors (Lipinski definition) is 5. The summed E-state index contributed by atoms with van der Waals surface area (Å²) in [7, 11) is -4.56. The molecule has 1 fully saturated rings. The van der Waals surface area contributed by atoms with Crippen molar-refractivity contribution in [1.29, 1.82) is 0 Å². The van der Waals surface area contributed by atoms with Crippen LogP contribution in [-0.4, -0.2) is 42.6 Å². The molecule has 0 spiro atoms. The van der Waals surface area contributed by atoms with Gasteiger partial charge in [0.1, 0.15) is 0 Å². The molecule has 0 aliphatic carbocycles. The van der Waals surface area contributed by atoms with Crippen LogP contribution in [0, 0.1) is 5.92 Å². The van der Waals surface area contributed by atoms with E-state index in [0.717, 1.165) is 5.56 Å². The average Bonchev–Trinajstić information content (AvgIpc) is 2.66. The molecule has 1 unspecified atom stereocenters. The first-order chi connectivity index (χ1) is 10.2. The van der Waals surface area contributed by atoms with Gasteiger partial charge in [0.2, 0.25) is 11.8 Å². The maximum absolute atomic E-state index is 12.7. The number of likely N-dealkylation sites (tertiary alicyclic amines) is 1. The van der Waals surface area contributed by atoms with Crippen LogP contribution in [-0.2, 0) is 21.6 Å². The van der Waals surface area contributed by atoms with Crippen molar-refractivity contribution in [1.82, 2.24) is 9.88 Å². The summed E-state index contributed by atoms with van der Waals surface area (Å²) in [6.07, 6.45) is 1.65. The summed E-state index contributed by atoms with van der Waals surface area (Å²) in [6, 6.07) is 3.51. The number of amides is 1. The molecule has 1 amide bonds.